The van der Waals surface area contributed by atoms with Crippen LogP contribution in [-0.2, 0) is 0 Å². The van der Waals surface area contributed by atoms with Gasteiger partial charge in [-0.25, -0.2) is 0 Å². The minimum Gasteiger partial charge on any atom is -0.361 e. The van der Waals surface area contributed by atoms with Crippen LogP contribution in [0.3, 0.4) is 0 Å². The number of halogens is 1. The summed E-state index contributed by atoms with van der Waals surface area (Å²) in [5.41, 5.74) is 1.19. The van der Waals surface area contributed by atoms with E-state index in [0.29, 0.717) is 0 Å². The molecular formula is C12H8BrN. The highest BCUT2D eigenvalue weighted by Gasteiger charge is 1.98. The molecule has 0 bridgehead atoms. The number of rotatable bonds is 0. The van der Waals surface area contributed by atoms with Crippen molar-refractivity contribution < 1.29 is 0 Å². The van der Waals surface area contributed by atoms with Crippen molar-refractivity contribution in [2.75, 3.05) is 0 Å². The van der Waals surface area contributed by atoms with Crippen LogP contribution < -0.4 is 0 Å². The average molecular weight is 246 g/mol. The third kappa shape index (κ3) is 1.15. The van der Waals surface area contributed by atoms with Crippen LogP contribution in [-0.4, -0.2) is 4.98 Å². The molecule has 0 spiro atoms. The SMILES string of the molecule is Brc1ccc2cc3[nH]ccc3cc2c1. The molecule has 14 heavy (non-hydrogen) atoms. The van der Waals surface area contributed by atoms with Gasteiger partial charge in [-0.1, -0.05) is 22.0 Å². The van der Waals surface area contributed by atoms with Gasteiger partial charge >= 0.3 is 0 Å². The molecule has 0 radical (unpaired) electrons. The second-order valence-corrected chi connectivity index (χ2v) is 4.32. The topological polar surface area (TPSA) is 15.8 Å². The lowest BCUT2D eigenvalue weighted by molar-refractivity contribution is 1.48. The van der Waals surface area contributed by atoms with Crippen LogP contribution in [0.1, 0.15) is 0 Å². The summed E-state index contributed by atoms with van der Waals surface area (Å²) in [5.74, 6) is 0. The Labute approximate surface area is 89.9 Å². The van der Waals surface area contributed by atoms with Crippen molar-refractivity contribution in [3.8, 4) is 0 Å². The summed E-state index contributed by atoms with van der Waals surface area (Å²) >= 11 is 3.48. The van der Waals surface area contributed by atoms with E-state index in [9.17, 15) is 0 Å². The lowest BCUT2D eigenvalue weighted by Crippen LogP contribution is -1.74. The van der Waals surface area contributed by atoms with Gasteiger partial charge in [-0.15, -0.1) is 0 Å². The molecule has 0 unspecified atom stereocenters. The van der Waals surface area contributed by atoms with Crippen LogP contribution in [0.4, 0.5) is 0 Å². The van der Waals surface area contributed by atoms with Crippen molar-refractivity contribution in [3.05, 3.63) is 47.1 Å². The fourth-order valence-corrected chi connectivity index (χ4v) is 2.15. The van der Waals surface area contributed by atoms with E-state index in [1.54, 1.807) is 0 Å². The second-order valence-electron chi connectivity index (χ2n) is 3.41. The quantitative estimate of drug-likeness (QED) is 0.615. The Balaban J connectivity index is 2.50. The smallest absolute Gasteiger partial charge is 0.0460 e. The molecule has 3 rings (SSSR count). The van der Waals surface area contributed by atoms with Crippen molar-refractivity contribution in [2.24, 2.45) is 0 Å². The van der Waals surface area contributed by atoms with Gasteiger partial charge in [0, 0.05) is 16.2 Å². The zero-order valence-electron chi connectivity index (χ0n) is 7.42. The van der Waals surface area contributed by atoms with Crippen LogP contribution in [0.25, 0.3) is 21.7 Å². The zero-order chi connectivity index (χ0) is 9.54. The number of aromatic amines is 1. The summed E-state index contributed by atoms with van der Waals surface area (Å²) < 4.78 is 1.12. The first-order chi connectivity index (χ1) is 6.83. The number of benzene rings is 2. The molecule has 0 saturated heterocycles. The van der Waals surface area contributed by atoms with E-state index in [1.807, 2.05) is 6.20 Å². The Morgan fingerprint density at radius 1 is 0.857 bits per heavy atom. The van der Waals surface area contributed by atoms with Gasteiger partial charge in [0.15, 0.2) is 0 Å². The van der Waals surface area contributed by atoms with Crippen molar-refractivity contribution in [3.63, 3.8) is 0 Å². The molecule has 0 atom stereocenters. The summed E-state index contributed by atoms with van der Waals surface area (Å²) in [7, 11) is 0. The number of nitrogens with one attached hydrogen (secondary N) is 1. The maximum atomic E-state index is 3.48. The average Bonchev–Trinajstić information content (AvgIpc) is 2.61. The first kappa shape index (κ1) is 8.06. The Morgan fingerprint density at radius 2 is 1.79 bits per heavy atom. The molecule has 0 saturated carbocycles. The van der Waals surface area contributed by atoms with E-state index in [-0.39, 0.29) is 0 Å². The predicted octanol–water partition coefficient (Wildman–Crippen LogP) is 4.08. The molecule has 0 aliphatic rings. The molecule has 1 N–H and O–H groups in total. The van der Waals surface area contributed by atoms with Crippen LogP contribution in [0, 0.1) is 0 Å². The lowest BCUT2D eigenvalue weighted by atomic mass is 10.1. The molecule has 2 heteroatoms. The monoisotopic (exact) mass is 245 g/mol. The fourth-order valence-electron chi connectivity index (χ4n) is 1.77. The molecule has 0 aliphatic carbocycles. The minimum absolute atomic E-state index is 1.12. The van der Waals surface area contributed by atoms with Crippen molar-refractivity contribution in [2.45, 2.75) is 0 Å². The normalized spacial score (nSPS) is 11.2. The first-order valence-electron chi connectivity index (χ1n) is 4.49. The molecule has 1 heterocycles. The Bertz CT molecular complexity index is 610. The second kappa shape index (κ2) is 2.85. The number of aromatic nitrogens is 1. The molecular weight excluding hydrogens is 238 g/mol. The Morgan fingerprint density at radius 3 is 2.71 bits per heavy atom. The highest BCUT2D eigenvalue weighted by molar-refractivity contribution is 9.10. The highest BCUT2D eigenvalue weighted by Crippen LogP contribution is 2.24. The minimum atomic E-state index is 1.12. The van der Waals surface area contributed by atoms with Gasteiger partial charge in [0.05, 0.1) is 0 Å². The van der Waals surface area contributed by atoms with Gasteiger partial charge in [-0.3, -0.25) is 0 Å². The summed E-state index contributed by atoms with van der Waals surface area (Å²) in [4.78, 5) is 3.21. The Hall–Kier alpha value is -1.28. The van der Waals surface area contributed by atoms with Crippen molar-refractivity contribution in [1.29, 1.82) is 0 Å². The first-order valence-corrected chi connectivity index (χ1v) is 5.29. The molecule has 2 aromatic carbocycles. The third-order valence-electron chi connectivity index (χ3n) is 2.47. The van der Waals surface area contributed by atoms with Crippen molar-refractivity contribution >= 4 is 37.6 Å². The molecule has 1 aromatic heterocycles. The lowest BCUT2D eigenvalue weighted by Gasteiger charge is -1.99. The predicted molar refractivity (Wildman–Crippen MR) is 63.5 cm³/mol. The van der Waals surface area contributed by atoms with Crippen LogP contribution in [0.15, 0.2) is 47.1 Å². The van der Waals surface area contributed by atoms with Crippen LogP contribution >= 0.6 is 15.9 Å². The fraction of sp³-hybridized carbons (Fsp3) is 0. The maximum absolute atomic E-state index is 3.48. The highest BCUT2D eigenvalue weighted by atomic mass is 79.9. The van der Waals surface area contributed by atoms with E-state index in [4.69, 9.17) is 0 Å². The number of fused-ring (bicyclic) bond motifs is 2. The summed E-state index contributed by atoms with van der Waals surface area (Å²) in [6, 6.07) is 12.8. The third-order valence-corrected chi connectivity index (χ3v) is 2.97. The van der Waals surface area contributed by atoms with E-state index < -0.39 is 0 Å². The van der Waals surface area contributed by atoms with Crippen LogP contribution in [0.5, 0.6) is 0 Å². The van der Waals surface area contributed by atoms with E-state index in [2.05, 4.69) is 57.3 Å². The van der Waals surface area contributed by atoms with Crippen molar-refractivity contribution in [1.82, 2.24) is 4.98 Å². The molecule has 0 fully saturated rings. The maximum Gasteiger partial charge on any atom is 0.0460 e. The molecule has 3 aromatic rings. The number of hydrogen-bond donors (Lipinski definition) is 1. The standard InChI is InChI=1S/C12H8BrN/c13-11-2-1-8-7-12-9(3-4-14-12)5-10(8)6-11/h1-7,14H. The van der Waals surface area contributed by atoms with E-state index in [1.165, 1.54) is 21.7 Å². The zero-order valence-corrected chi connectivity index (χ0v) is 9.01. The van der Waals surface area contributed by atoms with Crippen LogP contribution in [0.2, 0.25) is 0 Å². The van der Waals surface area contributed by atoms with Gasteiger partial charge in [-0.2, -0.15) is 0 Å². The van der Waals surface area contributed by atoms with E-state index >= 15 is 0 Å². The van der Waals surface area contributed by atoms with Gasteiger partial charge in [0.2, 0.25) is 0 Å². The van der Waals surface area contributed by atoms with E-state index in [0.717, 1.165) is 4.47 Å². The number of H-pyrrole nitrogens is 1. The summed E-state index contributed by atoms with van der Waals surface area (Å²) in [6.45, 7) is 0. The molecule has 1 nitrogen and oxygen atoms in total. The van der Waals surface area contributed by atoms with Gasteiger partial charge in [-0.05, 0) is 46.5 Å². The molecule has 68 valence electrons. The Kier molecular flexibility index (Phi) is 1.64. The largest absolute Gasteiger partial charge is 0.361 e. The van der Waals surface area contributed by atoms with Gasteiger partial charge in [0.1, 0.15) is 0 Å². The molecule has 0 aliphatic heterocycles. The van der Waals surface area contributed by atoms with Gasteiger partial charge < -0.3 is 4.98 Å². The summed E-state index contributed by atoms with van der Waals surface area (Å²) in [6.07, 6.45) is 1.97. The van der Waals surface area contributed by atoms with Gasteiger partial charge in [0.25, 0.3) is 0 Å². The summed E-state index contributed by atoms with van der Waals surface area (Å²) in [5, 5.41) is 3.80. The number of hydrogen-bond acceptors (Lipinski definition) is 0. The molecule has 0 amide bonds.